The van der Waals surface area contributed by atoms with Gasteiger partial charge in [-0.2, -0.15) is 0 Å². The molecule has 0 radical (unpaired) electrons. The number of carbonyl (C=O) groups is 1. The molecule has 2 heterocycles. The number of nitrogens with zero attached hydrogens (tertiary/aromatic N) is 1. The number of benzene rings is 2. The molecular weight excluding hydrogens is 340 g/mol. The summed E-state index contributed by atoms with van der Waals surface area (Å²) < 4.78 is 6.15. The van der Waals surface area contributed by atoms with Crippen LogP contribution in [0.15, 0.2) is 57.7 Å². The monoisotopic (exact) mass is 362 g/mol. The summed E-state index contributed by atoms with van der Waals surface area (Å²) in [6, 6.07) is 14.7. The molecule has 1 atom stereocenters. The Hall–Kier alpha value is -2.92. The maximum atomic E-state index is 13.1. The van der Waals surface area contributed by atoms with Crippen molar-refractivity contribution in [3.8, 4) is 11.3 Å². The van der Waals surface area contributed by atoms with Gasteiger partial charge in [0.2, 0.25) is 0 Å². The highest BCUT2D eigenvalue weighted by Crippen LogP contribution is 2.28. The second kappa shape index (κ2) is 7.00. The summed E-state index contributed by atoms with van der Waals surface area (Å²) in [4.78, 5) is 27.8. The fourth-order valence-electron chi connectivity index (χ4n) is 3.72. The van der Waals surface area contributed by atoms with E-state index in [-0.39, 0.29) is 11.3 Å². The van der Waals surface area contributed by atoms with E-state index >= 15 is 0 Å². The Labute approximate surface area is 157 Å². The molecule has 27 heavy (non-hydrogen) atoms. The van der Waals surface area contributed by atoms with Crippen LogP contribution in [-0.4, -0.2) is 30.4 Å². The van der Waals surface area contributed by atoms with E-state index in [1.807, 2.05) is 30.3 Å². The van der Waals surface area contributed by atoms with Crippen LogP contribution < -0.4 is 11.2 Å². The zero-order valence-corrected chi connectivity index (χ0v) is 15.3. The molecule has 1 aliphatic heterocycles. The Morgan fingerprint density at radius 2 is 1.96 bits per heavy atom. The summed E-state index contributed by atoms with van der Waals surface area (Å²) in [6.45, 7) is 3.66. The van der Waals surface area contributed by atoms with Crippen molar-refractivity contribution in [3.63, 3.8) is 0 Å². The van der Waals surface area contributed by atoms with E-state index in [1.165, 1.54) is 0 Å². The number of nitrogens with two attached hydrogens (primary N) is 1. The van der Waals surface area contributed by atoms with Crippen molar-refractivity contribution in [2.24, 2.45) is 11.7 Å². The molecule has 5 heteroatoms. The minimum atomic E-state index is -0.109. The number of carbonyl (C=O) groups excluding carboxylic acids is 1. The maximum Gasteiger partial charge on any atom is 0.257 e. The molecule has 2 N–H and O–H groups in total. The first kappa shape index (κ1) is 17.5. The van der Waals surface area contributed by atoms with Gasteiger partial charge in [-0.15, -0.1) is 0 Å². The second-order valence-corrected chi connectivity index (χ2v) is 7.08. The predicted octanol–water partition coefficient (Wildman–Crippen LogP) is 3.19. The van der Waals surface area contributed by atoms with Crippen molar-refractivity contribution < 1.29 is 9.21 Å². The fourth-order valence-corrected chi connectivity index (χ4v) is 3.72. The summed E-state index contributed by atoms with van der Waals surface area (Å²) in [6.07, 6.45) is 0.908. The van der Waals surface area contributed by atoms with Crippen LogP contribution in [0.5, 0.6) is 0 Å². The van der Waals surface area contributed by atoms with Crippen molar-refractivity contribution in [3.05, 3.63) is 69.9 Å². The molecule has 1 aromatic heterocycles. The molecule has 5 nitrogen and oxygen atoms in total. The van der Waals surface area contributed by atoms with Crippen molar-refractivity contribution in [1.29, 1.82) is 0 Å². The van der Waals surface area contributed by atoms with Crippen LogP contribution in [0.1, 0.15) is 22.3 Å². The summed E-state index contributed by atoms with van der Waals surface area (Å²) in [5, 5.41) is 0.438. The number of likely N-dealkylation sites (tertiary alicyclic amines) is 1. The minimum Gasteiger partial charge on any atom is -0.455 e. The first-order chi connectivity index (χ1) is 13.1. The lowest BCUT2D eigenvalue weighted by Crippen LogP contribution is -2.30. The Bertz CT molecular complexity index is 1060. The average Bonchev–Trinajstić information content (AvgIpc) is 3.19. The van der Waals surface area contributed by atoms with Crippen LogP contribution in [0.25, 0.3) is 22.3 Å². The van der Waals surface area contributed by atoms with Crippen molar-refractivity contribution in [2.45, 2.75) is 13.3 Å². The first-order valence-corrected chi connectivity index (χ1v) is 9.21. The number of rotatable bonds is 3. The van der Waals surface area contributed by atoms with Crippen LogP contribution in [0.2, 0.25) is 0 Å². The first-order valence-electron chi connectivity index (χ1n) is 9.21. The van der Waals surface area contributed by atoms with Crippen molar-refractivity contribution in [2.75, 3.05) is 19.6 Å². The highest BCUT2D eigenvalue weighted by Gasteiger charge is 2.28. The SMILES string of the molecule is Cc1c(-c2ccccc2)oc2c(C(=O)N3CCC(CN)C3)cccc2c1=O. The number of para-hydroxylation sites is 1. The van der Waals surface area contributed by atoms with E-state index < -0.39 is 0 Å². The smallest absolute Gasteiger partial charge is 0.257 e. The molecule has 1 aliphatic rings. The molecule has 0 aliphatic carbocycles. The standard InChI is InChI=1S/C22H22N2O3/c1-14-19(25)17-8-5-9-18(22(26)24-11-10-15(12-23)13-24)21(17)27-20(14)16-6-3-2-4-7-16/h2-9,15H,10-13,23H2,1H3. The molecule has 3 aromatic rings. The van der Waals surface area contributed by atoms with Gasteiger partial charge >= 0.3 is 0 Å². The molecule has 1 fully saturated rings. The minimum absolute atomic E-state index is 0.106. The van der Waals surface area contributed by atoms with Gasteiger partial charge < -0.3 is 15.1 Å². The average molecular weight is 362 g/mol. The van der Waals surface area contributed by atoms with E-state index in [4.69, 9.17) is 10.2 Å². The third-order valence-electron chi connectivity index (χ3n) is 5.32. The third kappa shape index (κ3) is 3.04. The van der Waals surface area contributed by atoms with Gasteiger partial charge in [0.1, 0.15) is 5.76 Å². The van der Waals surface area contributed by atoms with E-state index in [9.17, 15) is 9.59 Å². The van der Waals surface area contributed by atoms with Gasteiger partial charge in [-0.25, -0.2) is 0 Å². The summed E-state index contributed by atoms with van der Waals surface area (Å²) in [5.41, 5.74) is 7.79. The van der Waals surface area contributed by atoms with E-state index in [1.54, 1.807) is 30.0 Å². The van der Waals surface area contributed by atoms with Crippen LogP contribution >= 0.6 is 0 Å². The summed E-state index contributed by atoms with van der Waals surface area (Å²) in [7, 11) is 0. The van der Waals surface area contributed by atoms with Gasteiger partial charge in [0, 0.05) is 24.2 Å². The Balaban J connectivity index is 1.86. The zero-order chi connectivity index (χ0) is 19.0. The third-order valence-corrected chi connectivity index (χ3v) is 5.32. The lowest BCUT2D eigenvalue weighted by molar-refractivity contribution is 0.0788. The summed E-state index contributed by atoms with van der Waals surface area (Å²) >= 11 is 0. The second-order valence-electron chi connectivity index (χ2n) is 7.08. The van der Waals surface area contributed by atoms with E-state index in [0.29, 0.717) is 53.4 Å². The Morgan fingerprint density at radius 1 is 1.19 bits per heavy atom. The molecule has 0 saturated carbocycles. The Morgan fingerprint density at radius 3 is 2.67 bits per heavy atom. The number of hydrogen-bond donors (Lipinski definition) is 1. The molecule has 1 saturated heterocycles. The largest absolute Gasteiger partial charge is 0.455 e. The Kier molecular flexibility index (Phi) is 4.54. The lowest BCUT2D eigenvalue weighted by atomic mass is 10.0. The van der Waals surface area contributed by atoms with E-state index in [0.717, 1.165) is 12.0 Å². The normalized spacial score (nSPS) is 16.8. The topological polar surface area (TPSA) is 76.5 Å². The van der Waals surface area contributed by atoms with Gasteiger partial charge in [0.25, 0.3) is 5.91 Å². The maximum absolute atomic E-state index is 13.1. The lowest BCUT2D eigenvalue weighted by Gasteiger charge is -2.17. The molecule has 2 aromatic carbocycles. The van der Waals surface area contributed by atoms with Gasteiger partial charge in [-0.05, 0) is 37.9 Å². The number of hydrogen-bond acceptors (Lipinski definition) is 4. The molecule has 0 spiro atoms. The molecule has 1 amide bonds. The van der Waals surface area contributed by atoms with E-state index in [2.05, 4.69) is 0 Å². The number of amides is 1. The molecular formula is C22H22N2O3. The summed E-state index contributed by atoms with van der Waals surface area (Å²) in [5.74, 6) is 0.732. The highest BCUT2D eigenvalue weighted by atomic mass is 16.3. The highest BCUT2D eigenvalue weighted by molar-refractivity contribution is 6.05. The predicted molar refractivity (Wildman–Crippen MR) is 106 cm³/mol. The van der Waals surface area contributed by atoms with Crippen molar-refractivity contribution >= 4 is 16.9 Å². The van der Waals surface area contributed by atoms with Crippen LogP contribution in [0.4, 0.5) is 0 Å². The van der Waals surface area contributed by atoms with Crippen LogP contribution in [-0.2, 0) is 0 Å². The van der Waals surface area contributed by atoms with Gasteiger partial charge in [-0.1, -0.05) is 36.4 Å². The van der Waals surface area contributed by atoms with Crippen molar-refractivity contribution in [1.82, 2.24) is 4.90 Å². The zero-order valence-electron chi connectivity index (χ0n) is 15.3. The quantitative estimate of drug-likeness (QED) is 0.776. The fraction of sp³-hybridized carbons (Fsp3) is 0.273. The van der Waals surface area contributed by atoms with Gasteiger partial charge in [0.05, 0.1) is 10.9 Å². The number of fused-ring (bicyclic) bond motifs is 1. The molecule has 138 valence electrons. The van der Waals surface area contributed by atoms with Gasteiger partial charge in [0.15, 0.2) is 11.0 Å². The van der Waals surface area contributed by atoms with Gasteiger partial charge in [-0.3, -0.25) is 9.59 Å². The molecule has 4 rings (SSSR count). The van der Waals surface area contributed by atoms with Crippen LogP contribution in [0.3, 0.4) is 0 Å². The van der Waals surface area contributed by atoms with Crippen LogP contribution in [0, 0.1) is 12.8 Å². The molecule has 0 bridgehead atoms. The molecule has 1 unspecified atom stereocenters.